The Morgan fingerprint density at radius 1 is 1.48 bits per heavy atom. The lowest BCUT2D eigenvalue weighted by molar-refractivity contribution is -0.119. The van der Waals surface area contributed by atoms with Gasteiger partial charge < -0.3 is 15.5 Å². The van der Waals surface area contributed by atoms with Gasteiger partial charge in [0.1, 0.15) is 17.4 Å². The number of ether oxygens (including phenoxy) is 1. The molecule has 1 atom stereocenters. The van der Waals surface area contributed by atoms with Crippen LogP contribution in [0.15, 0.2) is 41.1 Å². The number of nitrogens with two attached hydrogens (primary N) is 1. The minimum atomic E-state index is -0.447. The Kier molecular flexibility index (Phi) is 2.91. The molecule has 1 aliphatic heterocycles. The van der Waals surface area contributed by atoms with E-state index >= 15 is 0 Å². The standard InChI is InChI=1S/C16H17N3O2/c1-16(2)6-11(20)14-12(7-16)21-15(18)9(8-17)13(14)10-4-3-5-19-10/h3-5,13,19H,6-7,18H2,1-2H3/t13-/m0/s1. The molecular formula is C16H17N3O2. The van der Waals surface area contributed by atoms with Gasteiger partial charge in [-0.05, 0) is 17.5 Å². The maximum Gasteiger partial charge on any atom is 0.205 e. The summed E-state index contributed by atoms with van der Waals surface area (Å²) in [5.74, 6) is 0.284. The van der Waals surface area contributed by atoms with E-state index in [0.717, 1.165) is 5.69 Å². The number of Topliss-reactive ketones (excluding diaryl/α,β-unsaturated/α-hetero) is 1. The van der Waals surface area contributed by atoms with Crippen LogP contribution in [0.5, 0.6) is 0 Å². The summed E-state index contributed by atoms with van der Waals surface area (Å²) >= 11 is 0. The van der Waals surface area contributed by atoms with Crippen LogP contribution in [0.2, 0.25) is 0 Å². The summed E-state index contributed by atoms with van der Waals surface area (Å²) in [6.07, 6.45) is 2.86. The SMILES string of the molecule is CC1(C)CC(=O)C2=C(C1)OC(N)=C(C#N)[C@H]2c1ccc[nH]1. The number of carbonyl (C=O) groups is 1. The van der Waals surface area contributed by atoms with Crippen molar-refractivity contribution in [1.82, 2.24) is 4.98 Å². The zero-order chi connectivity index (χ0) is 15.2. The summed E-state index contributed by atoms with van der Waals surface area (Å²) < 4.78 is 5.61. The third kappa shape index (κ3) is 2.13. The Bertz CT molecular complexity index is 702. The van der Waals surface area contributed by atoms with Gasteiger partial charge >= 0.3 is 0 Å². The molecular weight excluding hydrogens is 266 g/mol. The maximum absolute atomic E-state index is 12.6. The van der Waals surface area contributed by atoms with E-state index in [0.29, 0.717) is 29.7 Å². The monoisotopic (exact) mass is 283 g/mol. The molecule has 0 bridgehead atoms. The van der Waals surface area contributed by atoms with Crippen LogP contribution in [0.1, 0.15) is 38.3 Å². The number of nitrogens with one attached hydrogen (secondary N) is 1. The lowest BCUT2D eigenvalue weighted by Gasteiger charge is -2.36. The third-order valence-electron chi connectivity index (χ3n) is 4.01. The predicted octanol–water partition coefficient (Wildman–Crippen LogP) is 2.47. The molecule has 5 nitrogen and oxygen atoms in total. The van der Waals surface area contributed by atoms with Gasteiger partial charge in [0.05, 0.1) is 5.92 Å². The highest BCUT2D eigenvalue weighted by Crippen LogP contribution is 2.47. The number of rotatable bonds is 1. The predicted molar refractivity (Wildman–Crippen MR) is 76.5 cm³/mol. The fourth-order valence-electron chi connectivity index (χ4n) is 3.12. The number of allylic oxidation sites excluding steroid dienone is 3. The first-order valence-electron chi connectivity index (χ1n) is 6.90. The van der Waals surface area contributed by atoms with E-state index in [2.05, 4.69) is 11.1 Å². The number of nitrogens with zero attached hydrogens (tertiary/aromatic N) is 1. The van der Waals surface area contributed by atoms with Crippen molar-refractivity contribution in [1.29, 1.82) is 5.26 Å². The Labute approximate surface area is 123 Å². The lowest BCUT2D eigenvalue weighted by atomic mass is 9.71. The van der Waals surface area contributed by atoms with Crippen LogP contribution in [0, 0.1) is 16.7 Å². The Morgan fingerprint density at radius 3 is 2.86 bits per heavy atom. The number of carbonyl (C=O) groups excluding carboxylic acids is 1. The molecule has 108 valence electrons. The van der Waals surface area contributed by atoms with Crippen LogP contribution in [0.3, 0.4) is 0 Å². The third-order valence-corrected chi connectivity index (χ3v) is 4.01. The summed E-state index contributed by atoms with van der Waals surface area (Å²) in [6, 6.07) is 5.79. The summed E-state index contributed by atoms with van der Waals surface area (Å²) in [7, 11) is 0. The van der Waals surface area contributed by atoms with Crippen LogP contribution in [0.4, 0.5) is 0 Å². The van der Waals surface area contributed by atoms with Crippen LogP contribution in [-0.2, 0) is 9.53 Å². The molecule has 1 aromatic heterocycles. The average molecular weight is 283 g/mol. The number of ketones is 1. The van der Waals surface area contributed by atoms with Crippen molar-refractivity contribution >= 4 is 5.78 Å². The van der Waals surface area contributed by atoms with Gasteiger partial charge in [0.2, 0.25) is 5.88 Å². The van der Waals surface area contributed by atoms with E-state index in [1.54, 1.807) is 6.20 Å². The van der Waals surface area contributed by atoms with E-state index in [-0.39, 0.29) is 17.1 Å². The molecule has 0 unspecified atom stereocenters. The quantitative estimate of drug-likeness (QED) is 0.828. The summed E-state index contributed by atoms with van der Waals surface area (Å²) in [5.41, 5.74) is 7.41. The van der Waals surface area contributed by atoms with Gasteiger partial charge in [-0.25, -0.2) is 0 Å². The number of aromatic amines is 1. The van der Waals surface area contributed by atoms with E-state index in [9.17, 15) is 10.1 Å². The average Bonchev–Trinajstić information content (AvgIpc) is 2.88. The largest absolute Gasteiger partial charge is 0.444 e. The zero-order valence-electron chi connectivity index (χ0n) is 12.1. The number of H-pyrrole nitrogens is 1. The minimum Gasteiger partial charge on any atom is -0.444 e. The normalized spacial score (nSPS) is 24.4. The molecule has 21 heavy (non-hydrogen) atoms. The first-order chi connectivity index (χ1) is 9.93. The van der Waals surface area contributed by atoms with E-state index in [1.165, 1.54) is 0 Å². The molecule has 1 aliphatic carbocycles. The molecule has 0 radical (unpaired) electrons. The topological polar surface area (TPSA) is 91.9 Å². The van der Waals surface area contributed by atoms with Crippen LogP contribution < -0.4 is 5.73 Å². The van der Waals surface area contributed by atoms with Crippen molar-refractivity contribution < 1.29 is 9.53 Å². The van der Waals surface area contributed by atoms with Crippen molar-refractivity contribution in [2.24, 2.45) is 11.1 Å². The molecule has 2 heterocycles. The first-order valence-corrected chi connectivity index (χ1v) is 6.90. The van der Waals surface area contributed by atoms with Gasteiger partial charge in [-0.1, -0.05) is 13.8 Å². The zero-order valence-corrected chi connectivity index (χ0v) is 12.1. The second-order valence-corrected chi connectivity index (χ2v) is 6.33. The molecule has 0 aromatic carbocycles. The molecule has 1 aromatic rings. The fourth-order valence-corrected chi connectivity index (χ4v) is 3.12. The van der Waals surface area contributed by atoms with E-state index in [4.69, 9.17) is 10.5 Å². The summed E-state index contributed by atoms with van der Waals surface area (Å²) in [5, 5.41) is 9.39. The van der Waals surface area contributed by atoms with Gasteiger partial charge in [0, 0.05) is 30.3 Å². The van der Waals surface area contributed by atoms with Crippen molar-refractivity contribution in [2.75, 3.05) is 0 Å². The Hall–Kier alpha value is -2.48. The maximum atomic E-state index is 12.6. The summed E-state index contributed by atoms with van der Waals surface area (Å²) in [6.45, 7) is 4.06. The first kappa shape index (κ1) is 13.5. The van der Waals surface area contributed by atoms with Crippen molar-refractivity contribution in [3.63, 3.8) is 0 Å². The highest BCUT2D eigenvalue weighted by atomic mass is 16.5. The van der Waals surface area contributed by atoms with Gasteiger partial charge in [-0.3, -0.25) is 4.79 Å². The molecule has 0 fully saturated rings. The van der Waals surface area contributed by atoms with Gasteiger partial charge in [-0.15, -0.1) is 0 Å². The van der Waals surface area contributed by atoms with Crippen molar-refractivity contribution in [3.8, 4) is 6.07 Å². The Morgan fingerprint density at radius 2 is 2.24 bits per heavy atom. The van der Waals surface area contributed by atoms with Crippen LogP contribution >= 0.6 is 0 Å². The molecule has 3 rings (SSSR count). The highest BCUT2D eigenvalue weighted by molar-refractivity contribution is 5.99. The van der Waals surface area contributed by atoms with Crippen LogP contribution in [-0.4, -0.2) is 10.8 Å². The van der Waals surface area contributed by atoms with Gasteiger partial charge in [0.15, 0.2) is 5.78 Å². The molecule has 5 heteroatoms. The Balaban J connectivity index is 2.17. The number of hydrogen-bond acceptors (Lipinski definition) is 4. The van der Waals surface area contributed by atoms with Gasteiger partial charge in [-0.2, -0.15) is 5.26 Å². The molecule has 0 amide bonds. The second kappa shape index (κ2) is 4.52. The molecule has 0 saturated heterocycles. The smallest absolute Gasteiger partial charge is 0.205 e. The van der Waals surface area contributed by atoms with Crippen LogP contribution in [0.25, 0.3) is 0 Å². The lowest BCUT2D eigenvalue weighted by Crippen LogP contribution is -2.33. The van der Waals surface area contributed by atoms with Crippen molar-refractivity contribution in [2.45, 2.75) is 32.6 Å². The number of hydrogen-bond donors (Lipinski definition) is 2. The summed E-state index contributed by atoms with van der Waals surface area (Å²) in [4.78, 5) is 15.7. The van der Waals surface area contributed by atoms with Crippen molar-refractivity contribution in [3.05, 3.63) is 46.8 Å². The van der Waals surface area contributed by atoms with Gasteiger partial charge in [0.25, 0.3) is 0 Å². The molecule has 3 N–H and O–H groups in total. The molecule has 0 spiro atoms. The fraction of sp³-hybridized carbons (Fsp3) is 0.375. The molecule has 2 aliphatic rings. The van der Waals surface area contributed by atoms with E-state index in [1.807, 2.05) is 26.0 Å². The second-order valence-electron chi connectivity index (χ2n) is 6.33. The highest BCUT2D eigenvalue weighted by Gasteiger charge is 2.43. The minimum absolute atomic E-state index is 0.0288. The number of nitriles is 1. The number of aromatic nitrogens is 1. The molecule has 0 saturated carbocycles. The van der Waals surface area contributed by atoms with E-state index < -0.39 is 5.92 Å².